The second-order valence-electron chi connectivity index (χ2n) is 8.83. The predicted molar refractivity (Wildman–Crippen MR) is 107 cm³/mol. The van der Waals surface area contributed by atoms with Crippen LogP contribution < -0.4 is 4.74 Å². The molecule has 1 unspecified atom stereocenters. The standard InChI is InChI=1S/C19H32BrO2P/c1-13-14(2)18-16(15(3)17(13)21)9-11-19(4,22-18)10-8-12-23(5,6,7)20/h21H,8-12H2,1-7H3. The van der Waals surface area contributed by atoms with Crippen LogP contribution in [-0.2, 0) is 6.42 Å². The van der Waals surface area contributed by atoms with Gasteiger partial charge in [0.2, 0.25) is 0 Å². The Labute approximate surface area is 149 Å². The molecule has 1 atom stereocenters. The number of ether oxygens (including phenoxy) is 1. The van der Waals surface area contributed by atoms with Gasteiger partial charge >= 0.3 is 150 Å². The van der Waals surface area contributed by atoms with E-state index in [4.69, 9.17) is 4.74 Å². The Bertz CT molecular complexity index is 621. The normalized spacial score (nSPS) is 22.9. The fraction of sp³-hybridized carbons (Fsp3) is 0.684. The zero-order chi connectivity index (χ0) is 17.7. The zero-order valence-electron chi connectivity index (χ0n) is 15.7. The van der Waals surface area contributed by atoms with Gasteiger partial charge in [-0.05, 0) is 0 Å². The van der Waals surface area contributed by atoms with Gasteiger partial charge in [-0.3, -0.25) is 0 Å². The number of phenols is 1. The Balaban J connectivity index is 2.20. The van der Waals surface area contributed by atoms with Crippen LogP contribution in [0.15, 0.2) is 0 Å². The number of rotatable bonds is 4. The molecule has 0 saturated heterocycles. The van der Waals surface area contributed by atoms with Crippen LogP contribution in [0, 0.1) is 20.8 Å². The van der Waals surface area contributed by atoms with Gasteiger partial charge in [0.15, 0.2) is 0 Å². The number of hydrogen-bond acceptors (Lipinski definition) is 2. The van der Waals surface area contributed by atoms with E-state index >= 15 is 0 Å². The van der Waals surface area contributed by atoms with Crippen LogP contribution in [0.5, 0.6) is 11.5 Å². The average molecular weight is 403 g/mol. The molecule has 132 valence electrons. The summed E-state index contributed by atoms with van der Waals surface area (Å²) in [5.41, 5.74) is 4.15. The molecule has 0 fully saturated rings. The van der Waals surface area contributed by atoms with Crippen LogP contribution in [-0.4, -0.2) is 36.9 Å². The molecule has 0 aromatic heterocycles. The Hall–Kier alpha value is -0.270. The van der Waals surface area contributed by atoms with Gasteiger partial charge in [-0.2, -0.15) is 0 Å². The van der Waals surface area contributed by atoms with E-state index in [-0.39, 0.29) is 5.60 Å². The first-order chi connectivity index (χ1) is 10.3. The molecule has 0 spiro atoms. The van der Waals surface area contributed by atoms with Crippen molar-refractivity contribution in [1.29, 1.82) is 0 Å². The second kappa shape index (κ2) is 5.92. The molecule has 1 aliphatic rings. The van der Waals surface area contributed by atoms with E-state index in [0.29, 0.717) is 5.75 Å². The third-order valence-corrected chi connectivity index (χ3v) is 8.10. The quantitative estimate of drug-likeness (QED) is 0.631. The van der Waals surface area contributed by atoms with E-state index in [9.17, 15) is 5.11 Å². The molecule has 4 heteroatoms. The molecule has 1 aromatic carbocycles. The molecule has 1 aromatic rings. The van der Waals surface area contributed by atoms with Crippen molar-refractivity contribution in [3.63, 3.8) is 0 Å². The molecule has 0 saturated carbocycles. The van der Waals surface area contributed by atoms with Gasteiger partial charge in [0.1, 0.15) is 0 Å². The minimum atomic E-state index is -1.62. The molecule has 0 aliphatic carbocycles. The third kappa shape index (κ3) is 4.42. The van der Waals surface area contributed by atoms with Crippen LogP contribution in [0.4, 0.5) is 0 Å². The molecule has 1 aliphatic heterocycles. The van der Waals surface area contributed by atoms with Crippen LogP contribution >= 0.6 is 20.8 Å². The van der Waals surface area contributed by atoms with Gasteiger partial charge < -0.3 is 0 Å². The van der Waals surface area contributed by atoms with Crippen LogP contribution in [0.3, 0.4) is 0 Å². The predicted octanol–water partition coefficient (Wildman–Crippen LogP) is 5.93. The summed E-state index contributed by atoms with van der Waals surface area (Å²) in [6, 6.07) is 0. The molecule has 0 bridgehead atoms. The maximum absolute atomic E-state index is 10.3. The van der Waals surface area contributed by atoms with Crippen molar-refractivity contribution in [3.05, 3.63) is 22.3 Å². The molecular weight excluding hydrogens is 371 g/mol. The van der Waals surface area contributed by atoms with Crippen molar-refractivity contribution < 1.29 is 9.84 Å². The topological polar surface area (TPSA) is 29.5 Å². The van der Waals surface area contributed by atoms with E-state index in [0.717, 1.165) is 41.7 Å². The molecule has 1 heterocycles. The summed E-state index contributed by atoms with van der Waals surface area (Å²) < 4.78 is 6.50. The minimum absolute atomic E-state index is 0.0880. The van der Waals surface area contributed by atoms with Crippen LogP contribution in [0.25, 0.3) is 0 Å². The summed E-state index contributed by atoms with van der Waals surface area (Å²) in [7, 11) is 0. The Morgan fingerprint density at radius 1 is 1.13 bits per heavy atom. The van der Waals surface area contributed by atoms with Gasteiger partial charge in [0, 0.05) is 0 Å². The Morgan fingerprint density at radius 3 is 2.30 bits per heavy atom. The van der Waals surface area contributed by atoms with Crippen molar-refractivity contribution >= 4 is 20.8 Å². The number of halogens is 1. The molecule has 2 nitrogen and oxygen atoms in total. The van der Waals surface area contributed by atoms with E-state index in [1.54, 1.807) is 0 Å². The maximum atomic E-state index is 10.3. The van der Waals surface area contributed by atoms with Crippen molar-refractivity contribution in [3.8, 4) is 11.5 Å². The first kappa shape index (κ1) is 19.1. The molecule has 0 amide bonds. The van der Waals surface area contributed by atoms with Crippen LogP contribution in [0.2, 0.25) is 0 Å². The Kier molecular flexibility index (Phi) is 4.90. The van der Waals surface area contributed by atoms with Crippen LogP contribution in [0.1, 0.15) is 48.4 Å². The van der Waals surface area contributed by atoms with Gasteiger partial charge in [0.25, 0.3) is 0 Å². The van der Waals surface area contributed by atoms with Gasteiger partial charge in [-0.15, -0.1) is 0 Å². The van der Waals surface area contributed by atoms with Gasteiger partial charge in [0.05, 0.1) is 0 Å². The zero-order valence-corrected chi connectivity index (χ0v) is 18.2. The van der Waals surface area contributed by atoms with E-state index in [1.807, 2.05) is 13.8 Å². The van der Waals surface area contributed by atoms with Gasteiger partial charge in [-0.1, -0.05) is 0 Å². The van der Waals surface area contributed by atoms with Crippen molar-refractivity contribution in [1.82, 2.24) is 0 Å². The number of fused-ring (bicyclic) bond motifs is 1. The summed E-state index contributed by atoms with van der Waals surface area (Å²) in [6.07, 6.45) is 5.54. The van der Waals surface area contributed by atoms with Gasteiger partial charge in [-0.25, -0.2) is 0 Å². The van der Waals surface area contributed by atoms with Crippen molar-refractivity contribution in [2.75, 3.05) is 26.2 Å². The van der Waals surface area contributed by atoms with Crippen molar-refractivity contribution in [2.24, 2.45) is 0 Å². The summed E-state index contributed by atoms with van der Waals surface area (Å²) in [6.45, 7) is 15.4. The Morgan fingerprint density at radius 2 is 1.74 bits per heavy atom. The number of aromatic hydroxyl groups is 1. The SMILES string of the molecule is Cc1c(C)c2c(c(C)c1O)CCC(C)(CCCP(C)(C)(C)Br)O2. The summed E-state index contributed by atoms with van der Waals surface area (Å²) in [5, 5.41) is 8.66. The fourth-order valence-electron chi connectivity index (χ4n) is 3.46. The van der Waals surface area contributed by atoms with E-state index in [1.165, 1.54) is 18.1 Å². The number of hydrogen-bond donors (Lipinski definition) is 1. The second-order valence-corrected chi connectivity index (χ2v) is 23.0. The summed E-state index contributed by atoms with van der Waals surface area (Å²) in [4.78, 5) is 0. The molecular formula is C19H32BrO2P. The third-order valence-electron chi connectivity index (χ3n) is 5.21. The fourth-order valence-corrected chi connectivity index (χ4v) is 5.44. The van der Waals surface area contributed by atoms with E-state index in [2.05, 4.69) is 49.3 Å². The average Bonchev–Trinajstić information content (AvgIpc) is 2.40. The first-order valence-corrected chi connectivity index (χ1v) is 14.3. The number of benzene rings is 1. The molecule has 0 radical (unpaired) electrons. The first-order valence-electron chi connectivity index (χ1n) is 8.52. The monoisotopic (exact) mass is 402 g/mol. The molecule has 23 heavy (non-hydrogen) atoms. The summed E-state index contributed by atoms with van der Waals surface area (Å²) >= 11 is 3.95. The molecule has 2 rings (SSSR count). The number of phenolic OH excluding ortho intramolecular Hbond substituents is 1. The van der Waals surface area contributed by atoms with Crippen molar-refractivity contribution in [2.45, 2.75) is 59.0 Å². The van der Waals surface area contributed by atoms with E-state index < -0.39 is 5.31 Å². The summed E-state index contributed by atoms with van der Waals surface area (Å²) in [5.74, 6) is 1.46. The molecule has 1 N–H and O–H groups in total.